The largest absolute Gasteiger partial charge is 0.309 e. The second kappa shape index (κ2) is 12.4. The summed E-state index contributed by atoms with van der Waals surface area (Å²) in [4.78, 5) is 1.95. The number of rotatable bonds is 14. The molecule has 21 heavy (non-hydrogen) atoms. The van der Waals surface area contributed by atoms with E-state index in [4.69, 9.17) is 0 Å². The monoisotopic (exact) mass is 321 g/mol. The zero-order valence-corrected chi connectivity index (χ0v) is 15.0. The second-order valence-electron chi connectivity index (χ2n) is 6.35. The van der Waals surface area contributed by atoms with Crippen LogP contribution in [0.1, 0.15) is 77.6 Å². The summed E-state index contributed by atoms with van der Waals surface area (Å²) >= 11 is 0. The van der Waals surface area contributed by atoms with Crippen LogP contribution in [-0.4, -0.2) is 43.8 Å². The van der Waals surface area contributed by atoms with E-state index in [0.29, 0.717) is 19.4 Å². The molecular formula is C16H35NO3S. The maximum absolute atomic E-state index is 11.3. The predicted octanol–water partition coefficient (Wildman–Crippen LogP) is 4.12. The topological polar surface area (TPSA) is 57.6 Å². The fourth-order valence-electron chi connectivity index (χ4n) is 2.53. The molecule has 1 unspecified atom stereocenters. The molecule has 0 amide bonds. The van der Waals surface area contributed by atoms with E-state index in [1.165, 1.54) is 44.9 Å². The summed E-state index contributed by atoms with van der Waals surface area (Å²) < 4.78 is 32.0. The van der Waals surface area contributed by atoms with Gasteiger partial charge in [-0.2, -0.15) is 8.42 Å². The van der Waals surface area contributed by atoms with Crippen LogP contribution in [0.25, 0.3) is 0 Å². The Morgan fingerprint density at radius 1 is 0.857 bits per heavy atom. The highest BCUT2D eigenvalue weighted by Gasteiger charge is 2.22. The van der Waals surface area contributed by atoms with Gasteiger partial charge >= 0.3 is 0 Å². The summed E-state index contributed by atoms with van der Waals surface area (Å²) in [5.41, 5.74) is 0. The van der Waals surface area contributed by atoms with E-state index < -0.39 is 15.4 Å². The van der Waals surface area contributed by atoms with Gasteiger partial charge in [-0.1, -0.05) is 64.7 Å². The van der Waals surface area contributed by atoms with Crippen molar-refractivity contribution in [2.24, 2.45) is 0 Å². The van der Waals surface area contributed by atoms with Gasteiger partial charge < -0.3 is 4.90 Å². The fraction of sp³-hybridized carbons (Fsp3) is 1.00. The lowest BCUT2D eigenvalue weighted by molar-refractivity contribution is 0.377. The molecule has 0 bridgehead atoms. The molecule has 0 radical (unpaired) electrons. The van der Waals surface area contributed by atoms with Gasteiger partial charge in [-0.3, -0.25) is 4.55 Å². The highest BCUT2D eigenvalue weighted by atomic mass is 32.2. The minimum Gasteiger partial charge on any atom is -0.309 e. The molecule has 4 nitrogen and oxygen atoms in total. The van der Waals surface area contributed by atoms with Crippen molar-refractivity contribution in [1.29, 1.82) is 0 Å². The molecule has 0 aromatic carbocycles. The molecule has 0 aromatic heterocycles. The molecule has 128 valence electrons. The lowest BCUT2D eigenvalue weighted by atomic mass is 10.1. The van der Waals surface area contributed by atoms with Gasteiger partial charge in [0.15, 0.2) is 0 Å². The quantitative estimate of drug-likeness (QED) is 0.386. The number of nitrogens with zero attached hydrogens (tertiary/aromatic N) is 1. The van der Waals surface area contributed by atoms with E-state index in [-0.39, 0.29) is 0 Å². The first-order valence-electron chi connectivity index (χ1n) is 8.49. The van der Waals surface area contributed by atoms with Gasteiger partial charge in [0.25, 0.3) is 10.1 Å². The Hall–Kier alpha value is -0.130. The SMILES string of the molecule is CCCCCCCCCCCC(CCN(C)C)S(=O)(=O)O. The van der Waals surface area contributed by atoms with Gasteiger partial charge in [-0.05, 0) is 33.5 Å². The molecule has 0 saturated carbocycles. The molecule has 0 heterocycles. The van der Waals surface area contributed by atoms with Gasteiger partial charge in [-0.15, -0.1) is 0 Å². The molecule has 0 saturated heterocycles. The van der Waals surface area contributed by atoms with Gasteiger partial charge in [0, 0.05) is 0 Å². The summed E-state index contributed by atoms with van der Waals surface area (Å²) in [5, 5.41) is -0.593. The standard InChI is InChI=1S/C16H35NO3S/c1-4-5-6-7-8-9-10-11-12-13-16(21(18,19)20)14-15-17(2)3/h16H,4-15H2,1-3H3,(H,18,19,20). The Morgan fingerprint density at radius 3 is 1.76 bits per heavy atom. The van der Waals surface area contributed by atoms with Crippen LogP contribution in [0.15, 0.2) is 0 Å². The minimum absolute atomic E-state index is 0.517. The maximum atomic E-state index is 11.3. The van der Waals surface area contributed by atoms with Crippen molar-refractivity contribution in [1.82, 2.24) is 4.90 Å². The first-order valence-corrected chi connectivity index (χ1v) is 9.99. The Bertz CT molecular complexity index is 328. The van der Waals surface area contributed by atoms with Crippen LogP contribution in [-0.2, 0) is 10.1 Å². The van der Waals surface area contributed by atoms with Gasteiger partial charge in [0.05, 0.1) is 5.25 Å². The van der Waals surface area contributed by atoms with E-state index in [9.17, 15) is 13.0 Å². The van der Waals surface area contributed by atoms with Crippen molar-refractivity contribution in [3.8, 4) is 0 Å². The molecule has 0 rings (SSSR count). The van der Waals surface area contributed by atoms with E-state index in [1.54, 1.807) is 0 Å². The first kappa shape index (κ1) is 20.9. The van der Waals surface area contributed by atoms with E-state index in [0.717, 1.165) is 12.8 Å². The van der Waals surface area contributed by atoms with Crippen LogP contribution >= 0.6 is 0 Å². The van der Waals surface area contributed by atoms with E-state index in [1.807, 2.05) is 19.0 Å². The van der Waals surface area contributed by atoms with Crippen molar-refractivity contribution in [2.45, 2.75) is 82.8 Å². The van der Waals surface area contributed by atoms with Crippen molar-refractivity contribution in [3.63, 3.8) is 0 Å². The van der Waals surface area contributed by atoms with Crippen molar-refractivity contribution in [2.75, 3.05) is 20.6 Å². The molecule has 0 aliphatic heterocycles. The molecule has 0 aliphatic carbocycles. The summed E-state index contributed by atoms with van der Waals surface area (Å²) in [5.74, 6) is 0. The highest BCUT2D eigenvalue weighted by molar-refractivity contribution is 7.86. The van der Waals surface area contributed by atoms with Gasteiger partial charge in [-0.25, -0.2) is 0 Å². The third-order valence-electron chi connectivity index (χ3n) is 3.95. The lowest BCUT2D eigenvalue weighted by Crippen LogP contribution is -2.26. The third-order valence-corrected chi connectivity index (χ3v) is 5.26. The first-order chi connectivity index (χ1) is 9.88. The Labute approximate surface area is 132 Å². The van der Waals surface area contributed by atoms with Crippen LogP contribution in [0.2, 0.25) is 0 Å². The summed E-state index contributed by atoms with van der Waals surface area (Å²) in [6, 6.07) is 0. The average molecular weight is 322 g/mol. The zero-order valence-electron chi connectivity index (χ0n) is 14.2. The number of hydrogen-bond donors (Lipinski definition) is 1. The summed E-state index contributed by atoms with van der Waals surface area (Å²) in [6.45, 7) is 2.92. The van der Waals surface area contributed by atoms with Crippen LogP contribution in [0.5, 0.6) is 0 Å². The molecule has 0 aromatic rings. The molecule has 0 fully saturated rings. The lowest BCUT2D eigenvalue weighted by Gasteiger charge is -2.16. The molecule has 0 spiro atoms. The number of unbranched alkanes of at least 4 members (excludes halogenated alkanes) is 8. The summed E-state index contributed by atoms with van der Waals surface area (Å²) in [6.07, 6.45) is 12.1. The second-order valence-corrected chi connectivity index (χ2v) is 8.04. The van der Waals surface area contributed by atoms with Crippen molar-refractivity contribution >= 4 is 10.1 Å². The summed E-state index contributed by atoms with van der Waals surface area (Å²) in [7, 11) is -0.0624. The molecule has 0 aliphatic rings. The molecule has 1 atom stereocenters. The number of hydrogen-bond acceptors (Lipinski definition) is 3. The van der Waals surface area contributed by atoms with Gasteiger partial charge in [0.2, 0.25) is 0 Å². The highest BCUT2D eigenvalue weighted by Crippen LogP contribution is 2.16. The minimum atomic E-state index is -3.89. The van der Waals surface area contributed by atoms with Crippen molar-refractivity contribution < 1.29 is 13.0 Å². The Kier molecular flexibility index (Phi) is 12.3. The van der Waals surface area contributed by atoms with Crippen LogP contribution in [0.3, 0.4) is 0 Å². The van der Waals surface area contributed by atoms with Gasteiger partial charge in [0.1, 0.15) is 0 Å². The third kappa shape index (κ3) is 13.3. The van der Waals surface area contributed by atoms with Crippen molar-refractivity contribution in [3.05, 3.63) is 0 Å². The van der Waals surface area contributed by atoms with E-state index >= 15 is 0 Å². The fourth-order valence-corrected chi connectivity index (χ4v) is 3.39. The van der Waals surface area contributed by atoms with Crippen LogP contribution in [0, 0.1) is 0 Å². The normalized spacial score (nSPS) is 13.8. The maximum Gasteiger partial charge on any atom is 0.267 e. The molecule has 1 N–H and O–H groups in total. The smallest absolute Gasteiger partial charge is 0.267 e. The predicted molar refractivity (Wildman–Crippen MR) is 90.4 cm³/mol. The Morgan fingerprint density at radius 2 is 1.33 bits per heavy atom. The van der Waals surface area contributed by atoms with E-state index in [2.05, 4.69) is 6.92 Å². The molecular weight excluding hydrogens is 286 g/mol. The average Bonchev–Trinajstić information content (AvgIpc) is 2.38. The molecule has 5 heteroatoms. The van der Waals surface area contributed by atoms with Crippen LogP contribution < -0.4 is 0 Å². The van der Waals surface area contributed by atoms with Crippen LogP contribution in [0.4, 0.5) is 0 Å². The Balaban J connectivity index is 3.69. The zero-order chi connectivity index (χ0) is 16.1.